The standard InChI is InChI=1S/C29H30N2O5S.C28H28N2O5S.Li.H2O/c1-36-29(33)25-19-23(30-17-10-18-37(34,35)26-16-9-8-15-24(26)30)20-31(25)28(32)27(21-11-4-2-5-12-21)22-13-6-3-7-14-22;31-27(26(20-10-3-1-4-11-20)21-12-5-2-6-13-21)30-19-22(18-24(30)28(32)33)29-16-9-17-36(34,35)25-15-8-7-14-23(25)29;;/h2-9,11-16,23,25,27H,10,17-20H2,1H3;1-8,10-15,22,24,26H,9,16-19H2,(H,32,33);;1H2/q;;+1;/p-1/t23-,25-;22-,24-;;/m00../s1. The Labute approximate surface area is 450 Å². The van der Waals surface area contributed by atoms with Crippen molar-refractivity contribution in [2.24, 2.45) is 0 Å². The van der Waals surface area contributed by atoms with Crippen molar-refractivity contribution in [2.75, 3.05) is 54.6 Å². The van der Waals surface area contributed by atoms with Crippen LogP contribution in [0.25, 0.3) is 0 Å². The summed E-state index contributed by atoms with van der Waals surface area (Å²) in [7, 11) is -5.50. The number of nitrogens with zero attached hydrogens (tertiary/aromatic N) is 4. The number of amides is 2. The smallest absolute Gasteiger partial charge is 0.870 e. The Balaban J connectivity index is 0.000000213. The number of sulfone groups is 2. The predicted molar refractivity (Wildman–Crippen MR) is 280 cm³/mol. The van der Waals surface area contributed by atoms with Gasteiger partial charge in [0.1, 0.15) is 12.1 Å². The molecule has 0 aromatic heterocycles. The first-order chi connectivity index (χ1) is 35.3. The third-order valence-electron chi connectivity index (χ3n) is 14.4. The number of carbonyl (C=O) groups excluding carboxylic acids is 3. The predicted octanol–water partition coefficient (Wildman–Crippen LogP) is 4.03. The number of carbonyl (C=O) groups is 4. The van der Waals surface area contributed by atoms with Gasteiger partial charge in [-0.1, -0.05) is 146 Å². The number of rotatable bonds is 10. The normalized spacial score (nSPS) is 20.4. The number of hydrogen-bond acceptors (Lipinski definition) is 12. The van der Waals surface area contributed by atoms with E-state index in [1.165, 1.54) is 12.0 Å². The molecule has 4 atom stereocenters. The van der Waals surface area contributed by atoms with Gasteiger partial charge in [-0.2, -0.15) is 0 Å². The van der Waals surface area contributed by atoms with E-state index in [1.807, 2.05) is 138 Å². The van der Waals surface area contributed by atoms with Crippen molar-refractivity contribution in [3.05, 3.63) is 192 Å². The minimum absolute atomic E-state index is 0. The molecule has 0 bridgehead atoms. The number of benzene rings is 6. The fourth-order valence-corrected chi connectivity index (χ4v) is 14.1. The molecule has 6 aromatic rings. The molecule has 18 heteroatoms. The first kappa shape index (κ1) is 56.0. The summed E-state index contributed by atoms with van der Waals surface area (Å²) >= 11 is 0. The van der Waals surface area contributed by atoms with Crippen molar-refractivity contribution in [3.8, 4) is 0 Å². The van der Waals surface area contributed by atoms with E-state index in [0.29, 0.717) is 55.2 Å². The summed E-state index contributed by atoms with van der Waals surface area (Å²) in [6, 6.07) is 49.5. The van der Waals surface area contributed by atoms with E-state index in [1.54, 1.807) is 41.3 Å². The van der Waals surface area contributed by atoms with Crippen molar-refractivity contribution >= 4 is 54.8 Å². The maximum Gasteiger partial charge on any atom is 1.00 e. The van der Waals surface area contributed by atoms with Crippen LogP contribution in [0.3, 0.4) is 0 Å². The number of ether oxygens (including phenoxy) is 1. The maximum atomic E-state index is 14.2. The van der Waals surface area contributed by atoms with Crippen LogP contribution < -0.4 is 28.7 Å². The summed E-state index contributed by atoms with van der Waals surface area (Å²) in [5, 5.41) is 10.1. The van der Waals surface area contributed by atoms with Crippen molar-refractivity contribution in [1.29, 1.82) is 0 Å². The van der Waals surface area contributed by atoms with Crippen LogP contribution in [-0.4, -0.2) is 130 Å². The number of carboxylic acid groups (broad SMARTS) is 1. The Bertz CT molecular complexity index is 3100. The third kappa shape index (κ3) is 11.9. The molecular weight excluding hydrogens is 988 g/mol. The molecule has 0 spiro atoms. The molecule has 0 aliphatic carbocycles. The SMILES string of the molecule is COC(=O)[C@@H]1C[C@H](N2CCCS(=O)(=O)c3ccccc32)CN1C(=O)C(c1ccccc1)c1ccccc1.O=C(O)[C@@H]1C[C@H](N2CCCS(=O)(=O)c3ccccc32)CN1C(=O)C(c1ccccc1)c1ccccc1.[Li+].[OH-]. The van der Waals surface area contributed by atoms with Crippen LogP contribution in [0.1, 0.15) is 59.8 Å². The van der Waals surface area contributed by atoms with Gasteiger partial charge >= 0.3 is 30.8 Å². The summed E-state index contributed by atoms with van der Waals surface area (Å²) in [5.74, 6) is -3.06. The molecule has 4 heterocycles. The summed E-state index contributed by atoms with van der Waals surface area (Å²) < 4.78 is 56.5. The number of likely N-dealkylation sites (tertiary alicyclic amines) is 2. The van der Waals surface area contributed by atoms with Crippen molar-refractivity contribution in [3.63, 3.8) is 0 Å². The van der Waals surface area contributed by atoms with Gasteiger partial charge in [-0.3, -0.25) is 9.59 Å². The number of carboxylic acids is 1. The van der Waals surface area contributed by atoms with Gasteiger partial charge in [-0.05, 0) is 59.4 Å². The van der Waals surface area contributed by atoms with Crippen LogP contribution in [0.2, 0.25) is 0 Å². The van der Waals surface area contributed by atoms with E-state index in [2.05, 4.69) is 4.90 Å². The molecule has 2 saturated heterocycles. The van der Waals surface area contributed by atoms with Crippen LogP contribution >= 0.6 is 0 Å². The van der Waals surface area contributed by atoms with E-state index in [0.717, 1.165) is 22.3 Å². The maximum absolute atomic E-state index is 14.2. The Kier molecular flexibility index (Phi) is 18.1. The quantitative estimate of drug-likeness (QED) is 0.152. The van der Waals surface area contributed by atoms with Crippen LogP contribution in [0.5, 0.6) is 0 Å². The van der Waals surface area contributed by atoms with Gasteiger partial charge in [0.2, 0.25) is 11.8 Å². The third-order valence-corrected chi connectivity index (χ3v) is 18.1. The van der Waals surface area contributed by atoms with Crippen LogP contribution in [0.15, 0.2) is 180 Å². The van der Waals surface area contributed by atoms with E-state index >= 15 is 0 Å². The molecule has 4 aliphatic rings. The largest absolute Gasteiger partial charge is 1.00 e. The summed E-state index contributed by atoms with van der Waals surface area (Å²) in [5.41, 5.74) is 4.50. The zero-order valence-electron chi connectivity index (χ0n) is 41.9. The number of esters is 1. The van der Waals surface area contributed by atoms with Crippen LogP contribution in [-0.2, 0) is 43.6 Å². The van der Waals surface area contributed by atoms with Crippen LogP contribution in [0, 0.1) is 0 Å². The van der Waals surface area contributed by atoms with Crippen LogP contribution in [0.4, 0.5) is 11.4 Å². The molecule has 15 nitrogen and oxygen atoms in total. The molecule has 6 aromatic carbocycles. The van der Waals surface area contributed by atoms with Gasteiger partial charge in [-0.25, -0.2) is 26.4 Å². The number of hydrogen-bond donors (Lipinski definition) is 1. The first-order valence-electron chi connectivity index (χ1n) is 24.6. The molecule has 0 unspecified atom stereocenters. The number of aliphatic carboxylic acids is 1. The van der Waals surface area contributed by atoms with Gasteiger partial charge in [0.05, 0.1) is 51.6 Å². The summed E-state index contributed by atoms with van der Waals surface area (Å²) in [6.07, 6.45) is 1.51. The number of para-hydroxylation sites is 2. The van der Waals surface area contributed by atoms with E-state index in [9.17, 15) is 41.1 Å². The van der Waals surface area contributed by atoms with Gasteiger partial charge in [0.25, 0.3) is 0 Å². The molecule has 0 radical (unpaired) electrons. The fourth-order valence-electron chi connectivity index (χ4n) is 11.0. The minimum atomic E-state index is -3.42. The average Bonchev–Trinajstić information content (AvgIpc) is 4.01. The monoisotopic (exact) mass is 1050 g/mol. The number of methoxy groups -OCH3 is 1. The van der Waals surface area contributed by atoms with E-state index in [-0.39, 0.29) is 77.6 Å². The summed E-state index contributed by atoms with van der Waals surface area (Å²) in [6.45, 7) is 1.51. The van der Waals surface area contributed by atoms with Crippen molar-refractivity contribution in [2.45, 2.75) is 71.5 Å². The number of fused-ring (bicyclic) bond motifs is 2. The van der Waals surface area contributed by atoms with Gasteiger partial charge in [0.15, 0.2) is 19.7 Å². The van der Waals surface area contributed by atoms with Gasteiger partial charge in [0, 0.05) is 51.1 Å². The second kappa shape index (κ2) is 24.3. The Hall–Kier alpha value is -6.74. The second-order valence-electron chi connectivity index (χ2n) is 18.8. The second-order valence-corrected chi connectivity index (χ2v) is 23.0. The average molecular weight is 1050 g/mol. The van der Waals surface area contributed by atoms with E-state index < -0.39 is 55.5 Å². The molecule has 0 saturated carbocycles. The van der Waals surface area contributed by atoms with Crippen molar-refractivity contribution < 1.29 is 70.2 Å². The molecule has 386 valence electrons. The molecular formula is C57H59LiN4O11S2. The molecule has 2 amide bonds. The van der Waals surface area contributed by atoms with Gasteiger partial charge < -0.3 is 34.9 Å². The van der Waals surface area contributed by atoms with E-state index in [4.69, 9.17) is 4.74 Å². The first-order valence-corrected chi connectivity index (χ1v) is 27.9. The Morgan fingerprint density at radius 3 is 1.17 bits per heavy atom. The topological polar surface area (TPSA) is 209 Å². The minimum Gasteiger partial charge on any atom is -0.870 e. The zero-order valence-corrected chi connectivity index (χ0v) is 43.5. The molecule has 4 aliphatic heterocycles. The van der Waals surface area contributed by atoms with Crippen molar-refractivity contribution in [1.82, 2.24) is 9.80 Å². The summed E-state index contributed by atoms with van der Waals surface area (Å²) in [4.78, 5) is 61.3. The Morgan fingerprint density at radius 1 is 0.507 bits per heavy atom. The van der Waals surface area contributed by atoms with Gasteiger partial charge in [-0.15, -0.1) is 0 Å². The molecule has 75 heavy (non-hydrogen) atoms. The fraction of sp³-hybridized carbons (Fsp3) is 0.298. The molecule has 2 fully saturated rings. The Morgan fingerprint density at radius 2 is 0.827 bits per heavy atom. The molecule has 10 rings (SSSR count). The zero-order chi connectivity index (χ0) is 51.3. The molecule has 2 N–H and O–H groups in total. The number of anilines is 2.